The molecule has 112 valence electrons. The van der Waals surface area contributed by atoms with Crippen molar-refractivity contribution in [2.75, 3.05) is 18.0 Å². The van der Waals surface area contributed by atoms with E-state index in [0.29, 0.717) is 11.4 Å². The lowest BCUT2D eigenvalue weighted by atomic mass is 10.2. The summed E-state index contributed by atoms with van der Waals surface area (Å²) < 4.78 is 5.65. The van der Waals surface area contributed by atoms with Crippen LogP contribution in [0.15, 0.2) is 12.1 Å². The molecule has 20 heavy (non-hydrogen) atoms. The number of aromatic nitrogens is 1. The van der Waals surface area contributed by atoms with E-state index < -0.39 is 5.97 Å². The molecule has 0 saturated carbocycles. The van der Waals surface area contributed by atoms with Gasteiger partial charge in [-0.1, -0.05) is 19.9 Å². The molecule has 0 aliphatic carbocycles. The zero-order chi connectivity index (χ0) is 15.3. The Morgan fingerprint density at radius 3 is 2.35 bits per heavy atom. The van der Waals surface area contributed by atoms with Crippen molar-refractivity contribution in [1.29, 1.82) is 0 Å². The van der Waals surface area contributed by atoms with E-state index in [2.05, 4.69) is 9.88 Å². The Labute approximate surface area is 120 Å². The number of aromatic carboxylic acids is 1. The summed E-state index contributed by atoms with van der Waals surface area (Å²) in [5, 5.41) is 9.09. The minimum atomic E-state index is -0.983. The molecule has 0 radical (unpaired) electrons. The van der Waals surface area contributed by atoms with Crippen molar-refractivity contribution in [2.45, 2.75) is 46.8 Å². The first-order valence-electron chi connectivity index (χ1n) is 7.08. The van der Waals surface area contributed by atoms with Crippen LogP contribution in [-0.2, 0) is 4.74 Å². The normalized spacial score (nSPS) is 21.9. The second-order valence-corrected chi connectivity index (χ2v) is 4.80. The third kappa shape index (κ3) is 3.93. The zero-order valence-electron chi connectivity index (χ0n) is 12.9. The Morgan fingerprint density at radius 2 is 1.85 bits per heavy atom. The molecule has 1 aliphatic rings. The van der Waals surface area contributed by atoms with Gasteiger partial charge in [-0.3, -0.25) is 0 Å². The number of hydrogen-bond donors (Lipinski definition) is 1. The molecule has 0 unspecified atom stereocenters. The summed E-state index contributed by atoms with van der Waals surface area (Å²) in [7, 11) is 0. The number of carbonyl (C=O) groups is 1. The second-order valence-electron chi connectivity index (χ2n) is 4.80. The predicted molar refractivity (Wildman–Crippen MR) is 79.5 cm³/mol. The molecule has 1 aromatic rings. The molecule has 0 amide bonds. The Bertz CT molecular complexity index is 452. The summed E-state index contributed by atoms with van der Waals surface area (Å²) in [6.45, 7) is 11.2. The molecule has 2 heterocycles. The molecule has 1 aliphatic heterocycles. The summed E-state index contributed by atoms with van der Waals surface area (Å²) in [4.78, 5) is 17.4. The van der Waals surface area contributed by atoms with Gasteiger partial charge < -0.3 is 14.7 Å². The highest BCUT2D eigenvalue weighted by Crippen LogP contribution is 2.20. The number of rotatable bonds is 2. The average Bonchev–Trinajstić information content (AvgIpc) is 2.40. The minimum absolute atomic E-state index is 0.124. The number of pyridine rings is 1. The van der Waals surface area contributed by atoms with Crippen LogP contribution < -0.4 is 4.90 Å². The third-order valence-corrected chi connectivity index (χ3v) is 3.03. The minimum Gasteiger partial charge on any atom is -0.477 e. The van der Waals surface area contributed by atoms with Gasteiger partial charge in [0.15, 0.2) is 5.69 Å². The molecular weight excluding hydrogens is 256 g/mol. The smallest absolute Gasteiger partial charge is 0.354 e. The molecule has 1 N–H and O–H groups in total. The molecule has 5 nitrogen and oxygen atoms in total. The van der Waals surface area contributed by atoms with Crippen molar-refractivity contribution in [3.63, 3.8) is 0 Å². The maximum absolute atomic E-state index is 11.1. The van der Waals surface area contributed by atoms with E-state index in [4.69, 9.17) is 9.84 Å². The van der Waals surface area contributed by atoms with Crippen molar-refractivity contribution in [3.8, 4) is 0 Å². The lowest BCUT2D eigenvalue weighted by Gasteiger charge is -2.36. The molecule has 1 aromatic heterocycles. The van der Waals surface area contributed by atoms with Gasteiger partial charge in [0.1, 0.15) is 5.82 Å². The Hall–Kier alpha value is -1.62. The van der Waals surface area contributed by atoms with Crippen LogP contribution in [0.25, 0.3) is 0 Å². The molecule has 0 spiro atoms. The maximum Gasteiger partial charge on any atom is 0.354 e. The predicted octanol–water partition coefficient (Wildman–Crippen LogP) is 2.73. The van der Waals surface area contributed by atoms with E-state index in [9.17, 15) is 4.79 Å². The van der Waals surface area contributed by atoms with Crippen LogP contribution in [0.3, 0.4) is 0 Å². The topological polar surface area (TPSA) is 62.7 Å². The number of carboxylic acid groups (broad SMARTS) is 1. The van der Waals surface area contributed by atoms with Crippen molar-refractivity contribution >= 4 is 11.8 Å². The van der Waals surface area contributed by atoms with Gasteiger partial charge in [-0.05, 0) is 32.4 Å². The second kappa shape index (κ2) is 7.24. The highest BCUT2D eigenvalue weighted by Gasteiger charge is 2.24. The van der Waals surface area contributed by atoms with Crippen LogP contribution in [0.5, 0.6) is 0 Å². The van der Waals surface area contributed by atoms with E-state index in [0.717, 1.165) is 13.1 Å². The van der Waals surface area contributed by atoms with E-state index in [1.807, 2.05) is 33.8 Å². The Balaban J connectivity index is 0.000000956. The molecule has 1 saturated heterocycles. The number of carboxylic acids is 1. The van der Waals surface area contributed by atoms with Crippen LogP contribution in [0.1, 0.15) is 43.7 Å². The molecule has 0 aromatic carbocycles. The van der Waals surface area contributed by atoms with E-state index in [1.54, 1.807) is 13.0 Å². The van der Waals surface area contributed by atoms with Gasteiger partial charge in [0.25, 0.3) is 0 Å². The monoisotopic (exact) mass is 280 g/mol. The van der Waals surface area contributed by atoms with Gasteiger partial charge >= 0.3 is 5.97 Å². The van der Waals surface area contributed by atoms with Gasteiger partial charge in [-0.2, -0.15) is 0 Å². The summed E-state index contributed by atoms with van der Waals surface area (Å²) >= 11 is 0. The highest BCUT2D eigenvalue weighted by molar-refractivity contribution is 5.87. The van der Waals surface area contributed by atoms with Crippen molar-refractivity contribution in [2.24, 2.45) is 0 Å². The molecule has 2 rings (SSSR count). The highest BCUT2D eigenvalue weighted by atomic mass is 16.5. The van der Waals surface area contributed by atoms with E-state index >= 15 is 0 Å². The lowest BCUT2D eigenvalue weighted by molar-refractivity contribution is -0.00546. The average molecular weight is 280 g/mol. The first kappa shape index (κ1) is 16.4. The number of hydrogen-bond acceptors (Lipinski definition) is 4. The van der Waals surface area contributed by atoms with Gasteiger partial charge in [-0.15, -0.1) is 0 Å². The molecule has 2 atom stereocenters. The first-order valence-corrected chi connectivity index (χ1v) is 7.08. The quantitative estimate of drug-likeness (QED) is 0.902. The number of nitrogens with zero attached hydrogens (tertiary/aromatic N) is 2. The summed E-state index contributed by atoms with van der Waals surface area (Å²) in [6, 6.07) is 3.67. The molecular formula is C15H24N2O3. The number of morpholine rings is 1. The number of ether oxygens (including phenoxy) is 1. The summed E-state index contributed by atoms with van der Waals surface area (Å²) in [6.07, 6.45) is 0.260. The van der Waals surface area contributed by atoms with Gasteiger partial charge in [0.2, 0.25) is 0 Å². The first-order chi connectivity index (χ1) is 9.47. The molecule has 5 heteroatoms. The fourth-order valence-electron chi connectivity index (χ4n) is 2.28. The van der Waals surface area contributed by atoms with E-state index in [1.165, 1.54) is 0 Å². The third-order valence-electron chi connectivity index (χ3n) is 3.03. The van der Waals surface area contributed by atoms with Crippen LogP contribution in [0.4, 0.5) is 5.82 Å². The van der Waals surface area contributed by atoms with Crippen LogP contribution >= 0.6 is 0 Å². The van der Waals surface area contributed by atoms with Gasteiger partial charge in [0, 0.05) is 13.1 Å². The maximum atomic E-state index is 11.1. The van der Waals surface area contributed by atoms with Crippen LogP contribution in [0, 0.1) is 6.92 Å². The Kier molecular flexibility index (Phi) is 5.95. The fraction of sp³-hybridized carbons (Fsp3) is 0.600. The summed E-state index contributed by atoms with van der Waals surface area (Å²) in [5.41, 5.74) is 0.805. The van der Waals surface area contributed by atoms with Crippen LogP contribution in [-0.4, -0.2) is 41.4 Å². The zero-order valence-corrected chi connectivity index (χ0v) is 12.9. The SMILES string of the molecule is CC.Cc1ccc(N2C[C@@H](C)O[C@@H](C)C2)nc1C(=O)O. The largest absolute Gasteiger partial charge is 0.477 e. The number of aryl methyl sites for hydroxylation is 1. The molecule has 0 bridgehead atoms. The fourth-order valence-corrected chi connectivity index (χ4v) is 2.28. The van der Waals surface area contributed by atoms with E-state index in [-0.39, 0.29) is 17.9 Å². The standard InChI is InChI=1S/C13H18N2O3.C2H6/c1-8-4-5-11(14-12(8)13(16)17)15-6-9(2)18-10(3)7-15;1-2/h4-5,9-10H,6-7H2,1-3H3,(H,16,17);1-2H3/t9-,10+;. The van der Waals surface area contributed by atoms with Crippen molar-refractivity contribution < 1.29 is 14.6 Å². The summed E-state index contributed by atoms with van der Waals surface area (Å²) in [5.74, 6) is -0.274. The van der Waals surface area contributed by atoms with Crippen LogP contribution in [0.2, 0.25) is 0 Å². The van der Waals surface area contributed by atoms with Gasteiger partial charge in [-0.25, -0.2) is 9.78 Å². The number of anilines is 1. The van der Waals surface area contributed by atoms with Crippen molar-refractivity contribution in [3.05, 3.63) is 23.4 Å². The lowest BCUT2D eigenvalue weighted by Crippen LogP contribution is -2.46. The molecule has 1 fully saturated rings. The van der Waals surface area contributed by atoms with Crippen molar-refractivity contribution in [1.82, 2.24) is 4.98 Å². The Morgan fingerprint density at radius 1 is 1.30 bits per heavy atom. The van der Waals surface area contributed by atoms with Gasteiger partial charge in [0.05, 0.1) is 12.2 Å².